The Morgan fingerprint density at radius 2 is 1.97 bits per heavy atom. The largest absolute Gasteiger partial charge is 0.496 e. The second-order valence-corrected chi connectivity index (χ2v) is 8.06. The molecule has 1 fully saturated rings. The average molecular weight is 425 g/mol. The number of aromatic nitrogens is 4. The van der Waals surface area contributed by atoms with E-state index >= 15 is 0 Å². The molecule has 1 aliphatic rings. The number of benzene rings is 1. The maximum absolute atomic E-state index is 5.91. The summed E-state index contributed by atoms with van der Waals surface area (Å²) in [6.45, 7) is 7.76. The van der Waals surface area contributed by atoms with Crippen LogP contribution in [0.15, 0.2) is 24.4 Å². The predicted octanol–water partition coefficient (Wildman–Crippen LogP) is 2.43. The molecule has 3 N–H and O–H groups in total. The number of nitrogens with zero attached hydrogens (tertiary/aromatic N) is 6. The third-order valence-electron chi connectivity index (χ3n) is 5.72. The van der Waals surface area contributed by atoms with Gasteiger partial charge in [-0.1, -0.05) is 19.4 Å². The summed E-state index contributed by atoms with van der Waals surface area (Å²) in [5.41, 5.74) is 9.64. The molecular weight excluding hydrogens is 392 g/mol. The van der Waals surface area contributed by atoms with Crippen LogP contribution in [0.2, 0.25) is 0 Å². The monoisotopic (exact) mass is 424 g/mol. The van der Waals surface area contributed by atoms with Gasteiger partial charge < -0.3 is 25.6 Å². The number of anilines is 3. The standard InChI is InChI=1S/C22H32N8O/c1-4-5-8-24-21-20-18(25-22(23)26-21)15-30(27-20)14-16-6-7-17(13-19(16)31-3)29-11-9-28(2)10-12-29/h6-7,13,15H,4-5,8-12,14H2,1-3H3,(H3,23,24,25,26). The molecule has 0 amide bonds. The van der Waals surface area contributed by atoms with E-state index in [2.05, 4.69) is 57.3 Å². The fourth-order valence-electron chi connectivity index (χ4n) is 3.86. The van der Waals surface area contributed by atoms with E-state index in [1.165, 1.54) is 5.69 Å². The smallest absolute Gasteiger partial charge is 0.222 e. The molecule has 9 heteroatoms. The van der Waals surface area contributed by atoms with Gasteiger partial charge in [-0.3, -0.25) is 4.68 Å². The quantitative estimate of drug-likeness (QED) is 0.532. The van der Waals surface area contributed by atoms with E-state index < -0.39 is 0 Å². The Hall–Kier alpha value is -3.07. The lowest BCUT2D eigenvalue weighted by Gasteiger charge is -2.34. The first kappa shape index (κ1) is 21.2. The zero-order chi connectivity index (χ0) is 21.8. The molecule has 1 aromatic carbocycles. The van der Waals surface area contributed by atoms with Gasteiger partial charge in [0, 0.05) is 50.0 Å². The lowest BCUT2D eigenvalue weighted by atomic mass is 10.1. The molecule has 3 heterocycles. The van der Waals surface area contributed by atoms with E-state index in [4.69, 9.17) is 15.6 Å². The maximum atomic E-state index is 5.91. The van der Waals surface area contributed by atoms with Gasteiger partial charge in [0.25, 0.3) is 0 Å². The number of fused-ring (bicyclic) bond motifs is 1. The van der Waals surface area contributed by atoms with Crippen molar-refractivity contribution in [3.8, 4) is 5.75 Å². The predicted molar refractivity (Wildman–Crippen MR) is 125 cm³/mol. The van der Waals surface area contributed by atoms with Crippen LogP contribution >= 0.6 is 0 Å². The summed E-state index contributed by atoms with van der Waals surface area (Å²) in [4.78, 5) is 13.5. The number of ether oxygens (including phenoxy) is 1. The topological polar surface area (TPSA) is 97.4 Å². The molecule has 1 aliphatic heterocycles. The molecule has 0 aliphatic carbocycles. The summed E-state index contributed by atoms with van der Waals surface area (Å²) in [7, 11) is 3.88. The first-order valence-electron chi connectivity index (χ1n) is 10.9. The molecule has 4 rings (SSSR count). The Morgan fingerprint density at radius 1 is 1.16 bits per heavy atom. The van der Waals surface area contributed by atoms with E-state index in [-0.39, 0.29) is 5.95 Å². The fourth-order valence-corrected chi connectivity index (χ4v) is 3.86. The van der Waals surface area contributed by atoms with Crippen LogP contribution in [-0.4, -0.2) is 71.5 Å². The zero-order valence-corrected chi connectivity index (χ0v) is 18.6. The molecule has 3 aromatic rings. The molecule has 166 valence electrons. The molecular formula is C22H32N8O. The van der Waals surface area contributed by atoms with Crippen molar-refractivity contribution >= 4 is 28.5 Å². The number of methoxy groups -OCH3 is 1. The highest BCUT2D eigenvalue weighted by Crippen LogP contribution is 2.28. The molecule has 0 bridgehead atoms. The van der Waals surface area contributed by atoms with E-state index in [0.29, 0.717) is 12.4 Å². The van der Waals surface area contributed by atoms with Crippen molar-refractivity contribution in [3.05, 3.63) is 30.0 Å². The number of unbranched alkanes of at least 4 members (excludes halogenated alkanes) is 1. The average Bonchev–Trinajstić information content (AvgIpc) is 3.17. The van der Waals surface area contributed by atoms with Gasteiger partial charge in [0.15, 0.2) is 11.3 Å². The fraction of sp³-hybridized carbons (Fsp3) is 0.500. The molecule has 0 unspecified atom stereocenters. The number of nitrogens with one attached hydrogen (secondary N) is 1. The minimum absolute atomic E-state index is 0.250. The van der Waals surface area contributed by atoms with Crippen LogP contribution in [0.3, 0.4) is 0 Å². The van der Waals surface area contributed by atoms with Crippen molar-refractivity contribution in [2.75, 3.05) is 62.8 Å². The number of rotatable bonds is 8. The van der Waals surface area contributed by atoms with Gasteiger partial charge in [-0.05, 0) is 19.5 Å². The summed E-state index contributed by atoms with van der Waals surface area (Å²) in [6.07, 6.45) is 4.07. The molecule has 2 aromatic heterocycles. The molecule has 0 saturated carbocycles. The van der Waals surface area contributed by atoms with Gasteiger partial charge in [-0.15, -0.1) is 0 Å². The van der Waals surface area contributed by atoms with Crippen LogP contribution in [0.1, 0.15) is 25.3 Å². The number of likely N-dealkylation sites (N-methyl/N-ethyl adjacent to an activating group) is 1. The highest BCUT2D eigenvalue weighted by molar-refractivity contribution is 5.85. The molecule has 0 radical (unpaired) electrons. The lowest BCUT2D eigenvalue weighted by molar-refractivity contribution is 0.312. The Bertz CT molecular complexity index is 1030. The van der Waals surface area contributed by atoms with Crippen LogP contribution < -0.4 is 20.7 Å². The van der Waals surface area contributed by atoms with Crippen molar-refractivity contribution in [2.24, 2.45) is 0 Å². The third kappa shape index (κ3) is 4.82. The van der Waals surface area contributed by atoms with Crippen LogP contribution in [0.4, 0.5) is 17.5 Å². The number of nitrogens with two attached hydrogens (primary N) is 1. The summed E-state index contributed by atoms with van der Waals surface area (Å²) >= 11 is 0. The Morgan fingerprint density at radius 3 is 2.71 bits per heavy atom. The van der Waals surface area contributed by atoms with Crippen LogP contribution in [-0.2, 0) is 6.54 Å². The van der Waals surface area contributed by atoms with Gasteiger partial charge in [-0.25, -0.2) is 4.98 Å². The van der Waals surface area contributed by atoms with Crippen molar-refractivity contribution in [2.45, 2.75) is 26.3 Å². The van der Waals surface area contributed by atoms with Gasteiger partial charge in [0.1, 0.15) is 11.3 Å². The minimum atomic E-state index is 0.250. The zero-order valence-electron chi connectivity index (χ0n) is 18.6. The molecule has 1 saturated heterocycles. The van der Waals surface area contributed by atoms with E-state index in [0.717, 1.165) is 67.9 Å². The SMILES string of the molecule is CCCCNc1nc(N)nc2cn(Cc3ccc(N4CCN(C)CC4)cc3OC)nc12. The normalized spacial score (nSPS) is 14.9. The van der Waals surface area contributed by atoms with E-state index in [9.17, 15) is 0 Å². The molecule has 0 atom stereocenters. The number of hydrogen-bond acceptors (Lipinski definition) is 8. The van der Waals surface area contributed by atoms with E-state index in [1.807, 2.05) is 10.9 Å². The lowest BCUT2D eigenvalue weighted by Crippen LogP contribution is -2.44. The first-order valence-corrected chi connectivity index (χ1v) is 10.9. The molecule has 31 heavy (non-hydrogen) atoms. The van der Waals surface area contributed by atoms with Gasteiger partial charge in [0.2, 0.25) is 5.95 Å². The maximum Gasteiger partial charge on any atom is 0.222 e. The second kappa shape index (κ2) is 9.38. The summed E-state index contributed by atoms with van der Waals surface area (Å²) in [5, 5.41) is 8.06. The Balaban J connectivity index is 1.56. The van der Waals surface area contributed by atoms with Crippen molar-refractivity contribution < 1.29 is 4.74 Å². The second-order valence-electron chi connectivity index (χ2n) is 8.06. The van der Waals surface area contributed by atoms with Crippen molar-refractivity contribution in [1.29, 1.82) is 0 Å². The summed E-state index contributed by atoms with van der Waals surface area (Å²) in [5.74, 6) is 1.80. The molecule has 9 nitrogen and oxygen atoms in total. The Kier molecular flexibility index (Phi) is 6.41. The summed E-state index contributed by atoms with van der Waals surface area (Å²) in [6, 6.07) is 6.42. The minimum Gasteiger partial charge on any atom is -0.496 e. The van der Waals surface area contributed by atoms with Crippen molar-refractivity contribution in [1.82, 2.24) is 24.6 Å². The highest BCUT2D eigenvalue weighted by Gasteiger charge is 2.17. The highest BCUT2D eigenvalue weighted by atomic mass is 16.5. The van der Waals surface area contributed by atoms with Gasteiger partial charge in [0.05, 0.1) is 19.9 Å². The first-order chi connectivity index (χ1) is 15.1. The van der Waals surface area contributed by atoms with Crippen LogP contribution in [0.5, 0.6) is 5.75 Å². The molecule has 0 spiro atoms. The van der Waals surface area contributed by atoms with Crippen LogP contribution in [0, 0.1) is 0 Å². The van der Waals surface area contributed by atoms with Gasteiger partial charge in [-0.2, -0.15) is 10.1 Å². The third-order valence-corrected chi connectivity index (χ3v) is 5.72. The Labute approximate surface area is 183 Å². The van der Waals surface area contributed by atoms with Crippen molar-refractivity contribution in [3.63, 3.8) is 0 Å². The van der Waals surface area contributed by atoms with E-state index in [1.54, 1.807) is 7.11 Å². The number of nitrogen functional groups attached to an aromatic ring is 1. The number of piperazine rings is 1. The van der Waals surface area contributed by atoms with Crippen LogP contribution in [0.25, 0.3) is 11.0 Å². The van der Waals surface area contributed by atoms with Gasteiger partial charge >= 0.3 is 0 Å². The number of hydrogen-bond donors (Lipinski definition) is 2. The summed E-state index contributed by atoms with van der Waals surface area (Å²) < 4.78 is 7.59.